The van der Waals surface area contributed by atoms with Gasteiger partial charge in [-0.1, -0.05) is 43.0 Å². The first-order valence-electron chi connectivity index (χ1n) is 15.3. The molecule has 0 spiro atoms. The highest BCUT2D eigenvalue weighted by Crippen LogP contribution is 2.36. The number of nitrogens with one attached hydrogen (secondary N) is 2. The summed E-state index contributed by atoms with van der Waals surface area (Å²) in [4.78, 5) is 45.9. The van der Waals surface area contributed by atoms with Crippen molar-refractivity contribution in [3.05, 3.63) is 109 Å². The molecule has 0 saturated heterocycles. The number of urea groups is 1. The van der Waals surface area contributed by atoms with Gasteiger partial charge in [0, 0.05) is 41.6 Å². The van der Waals surface area contributed by atoms with Crippen LogP contribution in [0.3, 0.4) is 0 Å². The van der Waals surface area contributed by atoms with Crippen molar-refractivity contribution in [2.45, 2.75) is 50.7 Å². The van der Waals surface area contributed by atoms with E-state index < -0.39 is 0 Å². The fourth-order valence-corrected chi connectivity index (χ4v) is 6.08. The minimum atomic E-state index is -0.335. The van der Waals surface area contributed by atoms with Crippen LogP contribution in [0.4, 0.5) is 33.6 Å². The van der Waals surface area contributed by atoms with Crippen LogP contribution >= 0.6 is 0 Å². The van der Waals surface area contributed by atoms with Crippen LogP contribution in [-0.4, -0.2) is 56.8 Å². The van der Waals surface area contributed by atoms with E-state index in [1.165, 1.54) is 18.9 Å². The van der Waals surface area contributed by atoms with Gasteiger partial charge in [-0.25, -0.2) is 14.7 Å². The van der Waals surface area contributed by atoms with Gasteiger partial charge in [-0.15, -0.1) is 0 Å². The van der Waals surface area contributed by atoms with Crippen molar-refractivity contribution in [1.29, 1.82) is 0 Å². The second-order valence-corrected chi connectivity index (χ2v) is 11.8. The zero-order valence-corrected chi connectivity index (χ0v) is 25.7. The van der Waals surface area contributed by atoms with E-state index in [-0.39, 0.29) is 11.9 Å². The van der Waals surface area contributed by atoms with Crippen LogP contribution in [0.5, 0.6) is 0 Å². The van der Waals surface area contributed by atoms with Gasteiger partial charge in [0.2, 0.25) is 11.9 Å². The highest BCUT2D eigenvalue weighted by molar-refractivity contribution is 6.03. The fraction of sp³-hybridized carbons (Fsp3) is 0.286. The molecule has 1 aliphatic carbocycles. The predicted molar refractivity (Wildman–Crippen MR) is 177 cm³/mol. The Hall–Kier alpha value is -5.09. The number of amides is 3. The van der Waals surface area contributed by atoms with Crippen LogP contribution in [0.1, 0.15) is 48.4 Å². The number of carbonyl (C=O) groups excluding carboxylic acids is 2. The molecule has 0 bridgehead atoms. The summed E-state index contributed by atoms with van der Waals surface area (Å²) in [6, 6.07) is 21.5. The van der Waals surface area contributed by atoms with Crippen molar-refractivity contribution in [2.75, 3.05) is 29.6 Å². The van der Waals surface area contributed by atoms with Crippen LogP contribution < -0.4 is 15.5 Å². The van der Waals surface area contributed by atoms with E-state index in [0.717, 1.165) is 35.3 Å². The summed E-state index contributed by atoms with van der Waals surface area (Å²) >= 11 is 0. The number of aromatic nitrogens is 3. The number of nitrogens with zero attached hydrogens (tertiary/aromatic N) is 6. The van der Waals surface area contributed by atoms with Crippen LogP contribution in [0.2, 0.25) is 0 Å². The minimum Gasteiger partial charge on any atom is -0.323 e. The van der Waals surface area contributed by atoms with Crippen molar-refractivity contribution in [1.82, 2.24) is 24.8 Å². The van der Waals surface area contributed by atoms with Gasteiger partial charge in [0.25, 0.3) is 0 Å². The Morgan fingerprint density at radius 3 is 2.49 bits per heavy atom. The Morgan fingerprint density at radius 1 is 0.978 bits per heavy atom. The van der Waals surface area contributed by atoms with Gasteiger partial charge in [0.1, 0.15) is 0 Å². The van der Waals surface area contributed by atoms with Crippen molar-refractivity contribution < 1.29 is 9.59 Å². The molecule has 45 heavy (non-hydrogen) atoms. The minimum absolute atomic E-state index is 0.224. The van der Waals surface area contributed by atoms with Crippen molar-refractivity contribution in [3.63, 3.8) is 0 Å². The molecule has 230 valence electrons. The molecule has 6 rings (SSSR count). The molecule has 1 aliphatic heterocycles. The smallest absolute Gasteiger partial charge is 0.323 e. The summed E-state index contributed by atoms with van der Waals surface area (Å²) in [7, 11) is 4.31. The maximum absolute atomic E-state index is 14.1. The van der Waals surface area contributed by atoms with Crippen molar-refractivity contribution >= 4 is 40.8 Å². The van der Waals surface area contributed by atoms with E-state index in [1.807, 2.05) is 48.7 Å². The number of hydrogen-bond donors (Lipinski definition) is 2. The predicted octanol–water partition coefficient (Wildman–Crippen LogP) is 6.60. The topological polar surface area (TPSA) is 107 Å². The Morgan fingerprint density at radius 2 is 1.78 bits per heavy atom. The van der Waals surface area contributed by atoms with Gasteiger partial charge in [0.15, 0.2) is 5.82 Å². The second kappa shape index (κ2) is 13.3. The molecule has 10 nitrogen and oxygen atoms in total. The molecule has 0 radical (unpaired) electrons. The third-order valence-electron chi connectivity index (χ3n) is 8.54. The standard InChI is InChI=1S/C35H38N8O2/c1-4-32(44)38-27-11-8-12-30(19-27)43-33-26(23-42(35(43)45)22-24-9-6-5-7-10-24)20-37-34(40-33)39-28-15-18-31(36-21-28)25-13-16-29(17-14-25)41(2)3/h4-12,15,18-21,25,29H,1,13-14,16-17,22-23H2,2-3H3,(H,38,44)(H,37,39,40). The first kappa shape index (κ1) is 30.0. The molecule has 1 saturated carbocycles. The number of carbonyl (C=O) groups is 2. The number of anilines is 5. The molecule has 3 heterocycles. The van der Waals surface area contributed by atoms with E-state index >= 15 is 0 Å². The number of hydrogen-bond acceptors (Lipinski definition) is 7. The lowest BCUT2D eigenvalue weighted by Crippen LogP contribution is -2.45. The van der Waals surface area contributed by atoms with Crippen molar-refractivity contribution in [3.8, 4) is 0 Å². The van der Waals surface area contributed by atoms with Gasteiger partial charge in [-0.2, -0.15) is 4.98 Å². The summed E-state index contributed by atoms with van der Waals surface area (Å²) < 4.78 is 0. The van der Waals surface area contributed by atoms with Gasteiger partial charge >= 0.3 is 6.03 Å². The Bertz CT molecular complexity index is 1670. The van der Waals surface area contributed by atoms with Gasteiger partial charge in [0.05, 0.1) is 24.1 Å². The molecular formula is C35H38N8O2. The molecule has 1 fully saturated rings. The Labute approximate surface area is 263 Å². The van der Waals surface area contributed by atoms with Crippen LogP contribution in [0.25, 0.3) is 0 Å². The number of pyridine rings is 1. The number of fused-ring (bicyclic) bond motifs is 1. The zero-order valence-electron chi connectivity index (χ0n) is 25.7. The summed E-state index contributed by atoms with van der Waals surface area (Å²) in [6.45, 7) is 4.32. The van der Waals surface area contributed by atoms with E-state index in [0.29, 0.717) is 48.2 Å². The monoisotopic (exact) mass is 602 g/mol. The molecule has 0 unspecified atom stereocenters. The lowest BCUT2D eigenvalue weighted by Gasteiger charge is -2.36. The zero-order chi connectivity index (χ0) is 31.3. The second-order valence-electron chi connectivity index (χ2n) is 11.8. The lowest BCUT2D eigenvalue weighted by atomic mass is 9.83. The first-order valence-corrected chi connectivity index (χ1v) is 15.3. The van der Waals surface area contributed by atoms with Crippen LogP contribution in [0, 0.1) is 0 Å². The molecule has 2 aromatic carbocycles. The van der Waals surface area contributed by atoms with E-state index in [9.17, 15) is 9.59 Å². The average Bonchev–Trinajstić information content (AvgIpc) is 3.06. The summed E-state index contributed by atoms with van der Waals surface area (Å²) in [5.41, 5.74) is 4.82. The summed E-state index contributed by atoms with van der Waals surface area (Å²) in [5, 5.41) is 6.06. The molecular weight excluding hydrogens is 564 g/mol. The van der Waals surface area contributed by atoms with Crippen LogP contribution in [-0.2, 0) is 17.9 Å². The van der Waals surface area contributed by atoms with Gasteiger partial charge in [-0.3, -0.25) is 9.78 Å². The third kappa shape index (κ3) is 6.86. The van der Waals surface area contributed by atoms with Gasteiger partial charge in [-0.05, 0) is 81.7 Å². The number of rotatable bonds is 9. The first-order chi connectivity index (χ1) is 21.9. The van der Waals surface area contributed by atoms with Crippen molar-refractivity contribution in [2.24, 2.45) is 0 Å². The Kier molecular flexibility index (Phi) is 8.84. The molecule has 0 atom stereocenters. The fourth-order valence-electron chi connectivity index (χ4n) is 6.08. The highest BCUT2D eigenvalue weighted by Gasteiger charge is 2.34. The highest BCUT2D eigenvalue weighted by atomic mass is 16.2. The average molecular weight is 603 g/mol. The number of benzene rings is 2. The van der Waals surface area contributed by atoms with E-state index in [1.54, 1.807) is 34.2 Å². The van der Waals surface area contributed by atoms with E-state index in [4.69, 9.17) is 9.97 Å². The quantitative estimate of drug-likeness (QED) is 0.208. The Balaban J connectivity index is 1.26. The van der Waals surface area contributed by atoms with Gasteiger partial charge < -0.3 is 20.4 Å². The molecule has 4 aromatic rings. The molecule has 2 aliphatic rings. The molecule has 2 N–H and O–H groups in total. The largest absolute Gasteiger partial charge is 0.330 e. The maximum Gasteiger partial charge on any atom is 0.330 e. The molecule has 2 aromatic heterocycles. The third-order valence-corrected chi connectivity index (χ3v) is 8.54. The molecule has 3 amide bonds. The molecule has 10 heteroatoms. The van der Waals surface area contributed by atoms with E-state index in [2.05, 4.69) is 47.3 Å². The normalized spacial score (nSPS) is 18.0. The van der Waals surface area contributed by atoms with Crippen LogP contribution in [0.15, 0.2) is 91.8 Å². The summed E-state index contributed by atoms with van der Waals surface area (Å²) in [6.07, 6.45) is 9.44. The lowest BCUT2D eigenvalue weighted by molar-refractivity contribution is -0.111. The summed E-state index contributed by atoms with van der Waals surface area (Å²) in [5.74, 6) is 0.982. The maximum atomic E-state index is 14.1. The SMILES string of the molecule is C=CC(=O)Nc1cccc(N2C(=O)N(Cc3ccccc3)Cc3cnc(Nc4ccc(C5CCC(N(C)C)CC5)nc4)nc32)c1.